The van der Waals surface area contributed by atoms with Crippen molar-refractivity contribution in [3.63, 3.8) is 0 Å². The molecule has 1 aliphatic heterocycles. The van der Waals surface area contributed by atoms with Gasteiger partial charge in [-0.2, -0.15) is 0 Å². The maximum atomic E-state index is 13.4. The zero-order chi connectivity index (χ0) is 13.8. The molecule has 0 aromatic carbocycles. The average molecular weight is 260 g/mol. The Morgan fingerprint density at radius 3 is 2.67 bits per heavy atom. The van der Waals surface area contributed by atoms with E-state index in [2.05, 4.69) is 31.1 Å². The van der Waals surface area contributed by atoms with Crippen LogP contribution in [0, 0.1) is 0 Å². The molecule has 0 bridgehead atoms. The molecule has 1 saturated heterocycles. The van der Waals surface area contributed by atoms with Gasteiger partial charge in [0.2, 0.25) is 0 Å². The first kappa shape index (κ1) is 15.9. The van der Waals surface area contributed by atoms with Gasteiger partial charge in [-0.1, -0.05) is 0 Å². The second-order valence-corrected chi connectivity index (χ2v) is 6.34. The van der Waals surface area contributed by atoms with Gasteiger partial charge in [-0.15, -0.1) is 0 Å². The molecule has 18 heavy (non-hydrogen) atoms. The third-order valence-electron chi connectivity index (χ3n) is 3.87. The minimum atomic E-state index is -1.07. The largest absolute Gasteiger partial charge is 0.360 e. The summed E-state index contributed by atoms with van der Waals surface area (Å²) in [5.41, 5.74) is -1.23. The van der Waals surface area contributed by atoms with Gasteiger partial charge in [0.05, 0.1) is 6.61 Å². The quantitative estimate of drug-likeness (QED) is 0.761. The van der Waals surface area contributed by atoms with Crippen LogP contribution >= 0.6 is 0 Å². The lowest BCUT2D eigenvalue weighted by Crippen LogP contribution is -2.40. The maximum Gasteiger partial charge on any atom is 0.116 e. The molecule has 0 aliphatic carbocycles. The molecule has 0 aromatic rings. The first-order chi connectivity index (χ1) is 8.22. The van der Waals surface area contributed by atoms with Crippen LogP contribution in [-0.2, 0) is 4.74 Å². The molecule has 1 heterocycles. The first-order valence-corrected chi connectivity index (χ1v) is 7.00. The van der Waals surface area contributed by atoms with Crippen LogP contribution in [0.2, 0.25) is 0 Å². The van der Waals surface area contributed by atoms with Crippen molar-refractivity contribution >= 4 is 0 Å². The average Bonchev–Trinajstić information content (AvgIpc) is 2.69. The third-order valence-corrected chi connectivity index (χ3v) is 3.87. The molecule has 0 amide bonds. The molecule has 1 fully saturated rings. The highest BCUT2D eigenvalue weighted by atomic mass is 19.1. The number of halogens is 1. The molecule has 3 nitrogen and oxygen atoms in total. The van der Waals surface area contributed by atoms with E-state index >= 15 is 0 Å². The molecular weight excluding hydrogens is 231 g/mol. The lowest BCUT2D eigenvalue weighted by atomic mass is 10.0. The Kier molecular flexibility index (Phi) is 5.56. The molecule has 2 atom stereocenters. The normalized spacial score (nSPS) is 26.8. The van der Waals surface area contributed by atoms with Gasteiger partial charge in [-0.3, -0.25) is 5.32 Å². The summed E-state index contributed by atoms with van der Waals surface area (Å²) in [6.45, 7) is 10.1. The van der Waals surface area contributed by atoms with Gasteiger partial charge in [-0.25, -0.2) is 4.39 Å². The molecule has 0 aromatic heterocycles. The van der Waals surface area contributed by atoms with Gasteiger partial charge in [0.25, 0.3) is 0 Å². The highest BCUT2D eigenvalue weighted by Gasteiger charge is 2.29. The highest BCUT2D eigenvalue weighted by Crippen LogP contribution is 2.21. The number of ether oxygens (including phenoxy) is 1. The number of hydrogen-bond donors (Lipinski definition) is 1. The van der Waals surface area contributed by atoms with Crippen molar-refractivity contribution in [3.8, 4) is 0 Å². The van der Waals surface area contributed by atoms with E-state index in [1.54, 1.807) is 13.8 Å². The summed E-state index contributed by atoms with van der Waals surface area (Å²) < 4.78 is 19.1. The van der Waals surface area contributed by atoms with Crippen molar-refractivity contribution in [2.24, 2.45) is 0 Å². The van der Waals surface area contributed by atoms with Gasteiger partial charge >= 0.3 is 0 Å². The van der Waals surface area contributed by atoms with Crippen molar-refractivity contribution in [1.29, 1.82) is 0 Å². The molecule has 4 heteroatoms. The molecule has 108 valence electrons. The maximum absolute atomic E-state index is 13.4. The number of alkyl halides is 1. The zero-order valence-electron chi connectivity index (χ0n) is 12.6. The molecule has 1 rings (SSSR count). The van der Waals surface area contributed by atoms with Crippen molar-refractivity contribution in [2.45, 2.75) is 64.4 Å². The molecule has 0 radical (unpaired) electrons. The SMILES string of the molecule is CC(CCC1(C)NCCO1)N(C)CCC(C)(C)F. The second-order valence-electron chi connectivity index (χ2n) is 6.34. The standard InChI is InChI=1S/C14H29FN2O/c1-12(17(5)10-8-13(2,3)15)6-7-14(4)16-9-11-18-14/h12,16H,6-11H2,1-5H3. The van der Waals surface area contributed by atoms with Crippen molar-refractivity contribution < 1.29 is 9.13 Å². The van der Waals surface area contributed by atoms with Crippen LogP contribution in [-0.4, -0.2) is 49.1 Å². The molecule has 2 unspecified atom stereocenters. The zero-order valence-corrected chi connectivity index (χ0v) is 12.6. The lowest BCUT2D eigenvalue weighted by molar-refractivity contribution is -0.00703. The van der Waals surface area contributed by atoms with Gasteiger partial charge in [0.15, 0.2) is 0 Å². The predicted molar refractivity (Wildman–Crippen MR) is 73.5 cm³/mol. The molecule has 1 N–H and O–H groups in total. The Hall–Kier alpha value is -0.190. The van der Waals surface area contributed by atoms with E-state index in [9.17, 15) is 4.39 Å². The topological polar surface area (TPSA) is 24.5 Å². The Balaban J connectivity index is 2.25. The minimum Gasteiger partial charge on any atom is -0.360 e. The van der Waals surface area contributed by atoms with Gasteiger partial charge < -0.3 is 9.64 Å². The van der Waals surface area contributed by atoms with Gasteiger partial charge in [0.1, 0.15) is 11.4 Å². The molecular formula is C14H29FN2O. The van der Waals surface area contributed by atoms with Crippen molar-refractivity contribution in [3.05, 3.63) is 0 Å². The fourth-order valence-electron chi connectivity index (χ4n) is 2.17. The van der Waals surface area contributed by atoms with Crippen molar-refractivity contribution in [2.75, 3.05) is 26.7 Å². The van der Waals surface area contributed by atoms with E-state index in [-0.39, 0.29) is 5.72 Å². The van der Waals surface area contributed by atoms with Crippen LogP contribution in [0.5, 0.6) is 0 Å². The Morgan fingerprint density at radius 2 is 2.17 bits per heavy atom. The summed E-state index contributed by atoms with van der Waals surface area (Å²) in [5.74, 6) is 0. The van der Waals surface area contributed by atoms with E-state index in [1.807, 2.05) is 0 Å². The van der Waals surface area contributed by atoms with E-state index in [4.69, 9.17) is 4.74 Å². The summed E-state index contributed by atoms with van der Waals surface area (Å²) in [4.78, 5) is 2.24. The molecule has 0 saturated carbocycles. The Bertz CT molecular complexity index is 247. The summed E-state index contributed by atoms with van der Waals surface area (Å²) in [7, 11) is 2.07. The minimum absolute atomic E-state index is 0.158. The van der Waals surface area contributed by atoms with E-state index in [1.165, 1.54) is 0 Å². The summed E-state index contributed by atoms with van der Waals surface area (Å²) in [6, 6.07) is 0.454. The van der Waals surface area contributed by atoms with E-state index in [0.717, 1.165) is 32.5 Å². The highest BCUT2D eigenvalue weighted by molar-refractivity contribution is 4.80. The Morgan fingerprint density at radius 1 is 1.50 bits per heavy atom. The summed E-state index contributed by atoms with van der Waals surface area (Å²) in [6.07, 6.45) is 2.64. The molecule has 0 spiro atoms. The summed E-state index contributed by atoms with van der Waals surface area (Å²) in [5, 5.41) is 3.38. The van der Waals surface area contributed by atoms with E-state index in [0.29, 0.717) is 12.5 Å². The summed E-state index contributed by atoms with van der Waals surface area (Å²) >= 11 is 0. The number of hydrogen-bond acceptors (Lipinski definition) is 3. The number of nitrogens with zero attached hydrogens (tertiary/aromatic N) is 1. The Labute approximate surface area is 111 Å². The predicted octanol–water partition coefficient (Wildman–Crippen LogP) is 2.56. The van der Waals surface area contributed by atoms with Crippen LogP contribution in [0.3, 0.4) is 0 Å². The lowest BCUT2D eigenvalue weighted by Gasteiger charge is -2.30. The van der Waals surface area contributed by atoms with Gasteiger partial charge in [0, 0.05) is 19.1 Å². The van der Waals surface area contributed by atoms with Crippen LogP contribution in [0.4, 0.5) is 4.39 Å². The molecule has 1 aliphatic rings. The fraction of sp³-hybridized carbons (Fsp3) is 1.00. The second kappa shape index (κ2) is 6.31. The smallest absolute Gasteiger partial charge is 0.116 e. The van der Waals surface area contributed by atoms with Gasteiger partial charge in [-0.05, 0) is 54.0 Å². The number of nitrogens with one attached hydrogen (secondary N) is 1. The van der Waals surface area contributed by atoms with Crippen LogP contribution < -0.4 is 5.32 Å². The monoisotopic (exact) mass is 260 g/mol. The van der Waals surface area contributed by atoms with E-state index < -0.39 is 5.67 Å². The third kappa shape index (κ3) is 5.63. The van der Waals surface area contributed by atoms with Crippen molar-refractivity contribution in [1.82, 2.24) is 10.2 Å². The van der Waals surface area contributed by atoms with Crippen LogP contribution in [0.25, 0.3) is 0 Å². The van der Waals surface area contributed by atoms with Crippen LogP contribution in [0.1, 0.15) is 47.0 Å². The first-order valence-electron chi connectivity index (χ1n) is 7.00. The number of rotatable bonds is 7. The fourth-order valence-corrected chi connectivity index (χ4v) is 2.17. The van der Waals surface area contributed by atoms with Crippen LogP contribution in [0.15, 0.2) is 0 Å².